The Bertz CT molecular complexity index is 467. The Kier molecular flexibility index (Phi) is 2.90. The second-order valence-electron chi connectivity index (χ2n) is 4.03. The zero-order valence-corrected chi connectivity index (χ0v) is 9.86. The van der Waals surface area contributed by atoms with Crippen LogP contribution in [-0.4, -0.2) is 14.8 Å². The molecule has 4 heteroatoms. The second kappa shape index (κ2) is 4.35. The topological polar surface area (TPSA) is 42.7 Å². The highest BCUT2D eigenvalue weighted by Gasteiger charge is 2.00. The van der Waals surface area contributed by atoms with Gasteiger partial charge in [0.15, 0.2) is 0 Å². The van der Waals surface area contributed by atoms with E-state index < -0.39 is 0 Å². The van der Waals surface area contributed by atoms with Crippen molar-refractivity contribution in [2.45, 2.75) is 20.4 Å². The number of rotatable bonds is 3. The molecule has 84 valence electrons. The van der Waals surface area contributed by atoms with Crippen molar-refractivity contribution in [1.29, 1.82) is 0 Å². The highest BCUT2D eigenvalue weighted by Crippen LogP contribution is 2.14. The summed E-state index contributed by atoms with van der Waals surface area (Å²) in [5, 5.41) is 7.38. The fourth-order valence-corrected chi connectivity index (χ4v) is 1.74. The van der Waals surface area contributed by atoms with Gasteiger partial charge in [0.2, 0.25) is 0 Å². The van der Waals surface area contributed by atoms with Gasteiger partial charge >= 0.3 is 0 Å². The van der Waals surface area contributed by atoms with Crippen LogP contribution < -0.4 is 5.32 Å². The number of anilines is 1. The van der Waals surface area contributed by atoms with Crippen LogP contribution in [0.1, 0.15) is 17.0 Å². The van der Waals surface area contributed by atoms with Gasteiger partial charge < -0.3 is 5.32 Å². The number of hydrogen-bond acceptors (Lipinski definition) is 3. The Labute approximate surface area is 95.3 Å². The van der Waals surface area contributed by atoms with E-state index >= 15 is 0 Å². The maximum Gasteiger partial charge on any atom is 0.145 e. The van der Waals surface area contributed by atoms with Gasteiger partial charge in [-0.05, 0) is 37.1 Å². The molecule has 0 atom stereocenters. The van der Waals surface area contributed by atoms with Gasteiger partial charge in [-0.15, -0.1) is 0 Å². The summed E-state index contributed by atoms with van der Waals surface area (Å²) >= 11 is 0. The molecule has 0 aliphatic rings. The molecule has 0 radical (unpaired) electrons. The van der Waals surface area contributed by atoms with Crippen molar-refractivity contribution in [3.8, 4) is 0 Å². The molecule has 1 heterocycles. The predicted octanol–water partition coefficient (Wildman–Crippen LogP) is 2.04. The third-order valence-corrected chi connectivity index (χ3v) is 2.48. The molecule has 0 unspecified atom stereocenters. The van der Waals surface area contributed by atoms with Crippen molar-refractivity contribution in [3.05, 3.63) is 41.5 Å². The molecule has 4 nitrogen and oxygen atoms in total. The molecule has 0 spiro atoms. The maximum absolute atomic E-state index is 4.17. The van der Waals surface area contributed by atoms with Gasteiger partial charge in [0.25, 0.3) is 0 Å². The van der Waals surface area contributed by atoms with E-state index in [4.69, 9.17) is 0 Å². The zero-order chi connectivity index (χ0) is 11.5. The summed E-state index contributed by atoms with van der Waals surface area (Å²) in [6, 6.07) is 6.42. The van der Waals surface area contributed by atoms with Crippen LogP contribution in [0.3, 0.4) is 0 Å². The minimum atomic E-state index is 0.694. The molecular weight excluding hydrogens is 200 g/mol. The fraction of sp³-hybridized carbons (Fsp3) is 0.333. The summed E-state index contributed by atoms with van der Waals surface area (Å²) < 4.78 is 1.77. The number of aryl methyl sites for hydroxylation is 3. The van der Waals surface area contributed by atoms with Crippen LogP contribution in [-0.2, 0) is 13.6 Å². The maximum atomic E-state index is 4.17. The normalized spacial score (nSPS) is 10.4. The van der Waals surface area contributed by atoms with Crippen molar-refractivity contribution in [2.24, 2.45) is 7.05 Å². The zero-order valence-electron chi connectivity index (χ0n) is 9.86. The summed E-state index contributed by atoms with van der Waals surface area (Å²) in [5.41, 5.74) is 3.65. The molecule has 0 saturated carbocycles. The van der Waals surface area contributed by atoms with Crippen LogP contribution >= 0.6 is 0 Å². The van der Waals surface area contributed by atoms with Crippen LogP contribution in [0.5, 0.6) is 0 Å². The lowest BCUT2D eigenvalue weighted by Gasteiger charge is -2.07. The average molecular weight is 216 g/mol. The average Bonchev–Trinajstić information content (AvgIpc) is 2.59. The quantitative estimate of drug-likeness (QED) is 0.853. The standard InChI is InChI=1S/C12H16N4/c1-9-4-10(2)6-11(5-9)13-7-12-14-8-15-16(12)3/h4-6,8,13H,7H2,1-3H3. The highest BCUT2D eigenvalue weighted by atomic mass is 15.3. The number of nitrogens with zero attached hydrogens (tertiary/aromatic N) is 3. The van der Waals surface area contributed by atoms with Gasteiger partial charge in [-0.25, -0.2) is 4.98 Å². The van der Waals surface area contributed by atoms with E-state index in [9.17, 15) is 0 Å². The lowest BCUT2D eigenvalue weighted by atomic mass is 10.1. The Balaban J connectivity index is 2.07. The molecule has 0 fully saturated rings. The fourth-order valence-electron chi connectivity index (χ4n) is 1.74. The molecule has 0 bridgehead atoms. The van der Waals surface area contributed by atoms with Gasteiger partial charge in [-0.1, -0.05) is 6.07 Å². The molecule has 0 aliphatic carbocycles. The summed E-state index contributed by atoms with van der Waals surface area (Å²) in [7, 11) is 1.89. The minimum absolute atomic E-state index is 0.694. The highest BCUT2D eigenvalue weighted by molar-refractivity contribution is 5.48. The summed E-state index contributed by atoms with van der Waals surface area (Å²) in [6.07, 6.45) is 1.57. The minimum Gasteiger partial charge on any atom is -0.378 e. The van der Waals surface area contributed by atoms with Gasteiger partial charge in [0.1, 0.15) is 12.2 Å². The number of benzene rings is 1. The Morgan fingerprint density at radius 3 is 2.44 bits per heavy atom. The molecule has 1 aromatic carbocycles. The SMILES string of the molecule is Cc1cc(C)cc(NCc2ncnn2C)c1. The summed E-state index contributed by atoms with van der Waals surface area (Å²) in [6.45, 7) is 4.89. The van der Waals surface area contributed by atoms with E-state index in [1.807, 2.05) is 7.05 Å². The molecule has 2 aromatic rings. The number of aromatic nitrogens is 3. The van der Waals surface area contributed by atoms with Crippen LogP contribution in [0.2, 0.25) is 0 Å². The molecule has 1 aromatic heterocycles. The molecule has 0 saturated heterocycles. The van der Waals surface area contributed by atoms with Crippen LogP contribution in [0.25, 0.3) is 0 Å². The first-order chi connectivity index (χ1) is 7.65. The largest absolute Gasteiger partial charge is 0.378 e. The Morgan fingerprint density at radius 2 is 1.88 bits per heavy atom. The molecule has 1 N–H and O–H groups in total. The second-order valence-corrected chi connectivity index (χ2v) is 4.03. The van der Waals surface area contributed by atoms with Crippen molar-refractivity contribution >= 4 is 5.69 Å². The molecule has 0 aliphatic heterocycles. The molecule has 0 amide bonds. The van der Waals surface area contributed by atoms with E-state index in [0.717, 1.165) is 11.5 Å². The number of nitrogens with one attached hydrogen (secondary N) is 1. The first kappa shape index (κ1) is 10.7. The molecular formula is C12H16N4. The van der Waals surface area contributed by atoms with Crippen LogP contribution in [0.4, 0.5) is 5.69 Å². The van der Waals surface area contributed by atoms with Crippen LogP contribution in [0.15, 0.2) is 24.5 Å². The first-order valence-corrected chi connectivity index (χ1v) is 5.30. The van der Waals surface area contributed by atoms with Crippen molar-refractivity contribution in [3.63, 3.8) is 0 Å². The third-order valence-electron chi connectivity index (χ3n) is 2.48. The summed E-state index contributed by atoms with van der Waals surface area (Å²) in [4.78, 5) is 4.17. The monoisotopic (exact) mass is 216 g/mol. The van der Waals surface area contributed by atoms with E-state index in [1.165, 1.54) is 11.1 Å². The smallest absolute Gasteiger partial charge is 0.145 e. The lowest BCUT2D eigenvalue weighted by molar-refractivity contribution is 0.712. The predicted molar refractivity (Wildman–Crippen MR) is 64.2 cm³/mol. The van der Waals surface area contributed by atoms with Crippen molar-refractivity contribution in [2.75, 3.05) is 5.32 Å². The third kappa shape index (κ3) is 2.39. The van der Waals surface area contributed by atoms with Gasteiger partial charge in [0, 0.05) is 12.7 Å². The van der Waals surface area contributed by atoms with E-state index in [0.29, 0.717) is 6.54 Å². The van der Waals surface area contributed by atoms with E-state index in [1.54, 1.807) is 11.0 Å². The molecule has 2 rings (SSSR count). The van der Waals surface area contributed by atoms with Gasteiger partial charge in [-0.2, -0.15) is 5.10 Å². The Morgan fingerprint density at radius 1 is 1.19 bits per heavy atom. The Hall–Kier alpha value is -1.84. The summed E-state index contributed by atoms with van der Waals surface area (Å²) in [5.74, 6) is 0.930. The first-order valence-electron chi connectivity index (χ1n) is 5.30. The van der Waals surface area contributed by atoms with Crippen molar-refractivity contribution in [1.82, 2.24) is 14.8 Å². The van der Waals surface area contributed by atoms with Crippen molar-refractivity contribution < 1.29 is 0 Å². The van der Waals surface area contributed by atoms with E-state index in [-0.39, 0.29) is 0 Å². The lowest BCUT2D eigenvalue weighted by Crippen LogP contribution is -2.06. The van der Waals surface area contributed by atoms with Gasteiger partial charge in [0.05, 0.1) is 6.54 Å². The number of hydrogen-bond donors (Lipinski definition) is 1. The van der Waals surface area contributed by atoms with Gasteiger partial charge in [-0.3, -0.25) is 4.68 Å². The van der Waals surface area contributed by atoms with Crippen LogP contribution in [0, 0.1) is 13.8 Å². The molecule has 16 heavy (non-hydrogen) atoms. The van der Waals surface area contributed by atoms with E-state index in [2.05, 4.69) is 47.4 Å².